The second-order valence-corrected chi connectivity index (χ2v) is 6.54. The van der Waals surface area contributed by atoms with Crippen molar-refractivity contribution in [2.75, 3.05) is 5.32 Å². The smallest absolute Gasteiger partial charge is 0.256 e. The molecule has 1 aliphatic rings. The molecule has 0 aliphatic carbocycles. The number of aryl methyl sites for hydroxylation is 3. The van der Waals surface area contributed by atoms with Crippen LogP contribution in [0, 0.1) is 20.8 Å². The number of nitrogens with zero attached hydrogens (tertiary/aromatic N) is 1. The van der Waals surface area contributed by atoms with Crippen LogP contribution in [0.5, 0.6) is 0 Å². The van der Waals surface area contributed by atoms with Gasteiger partial charge in [-0.1, -0.05) is 18.2 Å². The van der Waals surface area contributed by atoms with E-state index in [4.69, 9.17) is 0 Å². The Labute approximate surface area is 146 Å². The van der Waals surface area contributed by atoms with E-state index in [1.54, 1.807) is 0 Å². The maximum absolute atomic E-state index is 12.6. The highest BCUT2D eigenvalue weighted by atomic mass is 16.2. The molecular formula is C21H19N3O. The van der Waals surface area contributed by atoms with Gasteiger partial charge in [-0.05, 0) is 50.1 Å². The van der Waals surface area contributed by atoms with Crippen LogP contribution in [0.1, 0.15) is 28.1 Å². The van der Waals surface area contributed by atoms with Gasteiger partial charge in [-0.25, -0.2) is 0 Å². The van der Waals surface area contributed by atoms with E-state index in [0.717, 1.165) is 44.9 Å². The number of H-pyrrole nitrogens is 1. The number of amides is 1. The van der Waals surface area contributed by atoms with Crippen molar-refractivity contribution in [3.63, 3.8) is 0 Å². The fraction of sp³-hybridized carbons (Fsp3) is 0.143. The summed E-state index contributed by atoms with van der Waals surface area (Å²) in [5.74, 6) is -0.0743. The van der Waals surface area contributed by atoms with Gasteiger partial charge in [0.1, 0.15) is 0 Å². The van der Waals surface area contributed by atoms with Crippen molar-refractivity contribution in [2.24, 2.45) is 0 Å². The maximum atomic E-state index is 12.6. The van der Waals surface area contributed by atoms with Crippen molar-refractivity contribution in [3.8, 4) is 11.1 Å². The Morgan fingerprint density at radius 2 is 1.84 bits per heavy atom. The first kappa shape index (κ1) is 15.4. The first-order chi connectivity index (χ1) is 12.0. The molecule has 0 fully saturated rings. The van der Waals surface area contributed by atoms with E-state index < -0.39 is 0 Å². The number of hydrogen-bond acceptors (Lipinski definition) is 2. The van der Waals surface area contributed by atoms with Crippen LogP contribution in [0.15, 0.2) is 42.7 Å². The number of anilines is 1. The van der Waals surface area contributed by atoms with Gasteiger partial charge in [-0.3, -0.25) is 9.78 Å². The third-order valence-corrected chi connectivity index (χ3v) is 4.50. The topological polar surface area (TPSA) is 57.8 Å². The maximum Gasteiger partial charge on any atom is 0.256 e. The number of nitrogens with one attached hydrogen (secondary N) is 2. The first-order valence-electron chi connectivity index (χ1n) is 8.27. The average Bonchev–Trinajstić information content (AvgIpc) is 3.06. The largest absolute Gasteiger partial charge is 0.359 e. The van der Waals surface area contributed by atoms with Gasteiger partial charge >= 0.3 is 0 Å². The molecule has 0 saturated heterocycles. The van der Waals surface area contributed by atoms with Gasteiger partial charge in [-0.15, -0.1) is 0 Å². The van der Waals surface area contributed by atoms with E-state index in [-0.39, 0.29) is 5.91 Å². The van der Waals surface area contributed by atoms with E-state index in [9.17, 15) is 4.79 Å². The lowest BCUT2D eigenvalue weighted by Gasteiger charge is -2.08. The molecule has 0 bridgehead atoms. The molecule has 3 aromatic rings. The Balaban J connectivity index is 1.86. The molecule has 0 unspecified atom stereocenters. The predicted octanol–water partition coefficient (Wildman–Crippen LogP) is 4.49. The van der Waals surface area contributed by atoms with Gasteiger partial charge in [0.05, 0.1) is 11.3 Å². The van der Waals surface area contributed by atoms with Gasteiger partial charge in [0.25, 0.3) is 5.91 Å². The lowest BCUT2D eigenvalue weighted by Crippen LogP contribution is -2.04. The molecule has 4 rings (SSSR count). The Bertz CT molecular complexity index is 1030. The molecule has 2 N–H and O–H groups in total. The van der Waals surface area contributed by atoms with Crippen molar-refractivity contribution in [1.29, 1.82) is 0 Å². The number of benzene rings is 1. The first-order valence-corrected chi connectivity index (χ1v) is 8.27. The van der Waals surface area contributed by atoms with E-state index >= 15 is 0 Å². The predicted molar refractivity (Wildman–Crippen MR) is 101 cm³/mol. The lowest BCUT2D eigenvalue weighted by atomic mass is 9.98. The highest BCUT2D eigenvalue weighted by Gasteiger charge is 2.27. The van der Waals surface area contributed by atoms with E-state index in [2.05, 4.69) is 27.4 Å². The molecule has 0 radical (unpaired) electrons. The number of pyridine rings is 1. The van der Waals surface area contributed by atoms with Crippen molar-refractivity contribution in [1.82, 2.24) is 9.97 Å². The summed E-state index contributed by atoms with van der Waals surface area (Å²) >= 11 is 0. The minimum Gasteiger partial charge on any atom is -0.359 e. The lowest BCUT2D eigenvalue weighted by molar-refractivity contribution is -0.110. The molecule has 0 saturated carbocycles. The molecule has 2 aromatic heterocycles. The van der Waals surface area contributed by atoms with E-state index in [0.29, 0.717) is 5.57 Å². The summed E-state index contributed by atoms with van der Waals surface area (Å²) in [5.41, 5.74) is 8.74. The second kappa shape index (κ2) is 5.74. The van der Waals surface area contributed by atoms with Gasteiger partial charge < -0.3 is 10.3 Å². The highest BCUT2D eigenvalue weighted by Crippen LogP contribution is 2.40. The van der Waals surface area contributed by atoms with Crippen LogP contribution in [0.25, 0.3) is 22.8 Å². The highest BCUT2D eigenvalue weighted by molar-refractivity contribution is 6.36. The summed E-state index contributed by atoms with van der Waals surface area (Å²) < 4.78 is 0. The number of aromatic amines is 1. The van der Waals surface area contributed by atoms with Crippen LogP contribution in [-0.4, -0.2) is 15.9 Å². The Hall–Kier alpha value is -3.14. The molecule has 25 heavy (non-hydrogen) atoms. The zero-order chi connectivity index (χ0) is 17.6. The van der Waals surface area contributed by atoms with Crippen molar-refractivity contribution >= 4 is 23.2 Å². The summed E-state index contributed by atoms with van der Waals surface area (Å²) in [6.45, 7) is 6.07. The fourth-order valence-electron chi connectivity index (χ4n) is 3.34. The van der Waals surface area contributed by atoms with Crippen LogP contribution < -0.4 is 5.32 Å². The van der Waals surface area contributed by atoms with Crippen LogP contribution in [-0.2, 0) is 4.79 Å². The molecule has 0 spiro atoms. The molecule has 1 amide bonds. The number of carbonyl (C=O) groups excluding carboxylic acids is 1. The minimum absolute atomic E-state index is 0.0743. The summed E-state index contributed by atoms with van der Waals surface area (Å²) in [5, 5.41) is 3.03. The third kappa shape index (κ3) is 2.66. The number of carbonyl (C=O) groups is 1. The third-order valence-electron chi connectivity index (χ3n) is 4.50. The van der Waals surface area contributed by atoms with Crippen molar-refractivity contribution in [2.45, 2.75) is 20.8 Å². The zero-order valence-corrected chi connectivity index (χ0v) is 14.5. The Kier molecular flexibility index (Phi) is 3.53. The minimum atomic E-state index is -0.0743. The van der Waals surface area contributed by atoms with Crippen LogP contribution in [0.3, 0.4) is 0 Å². The summed E-state index contributed by atoms with van der Waals surface area (Å²) in [6, 6.07) is 10.1. The molecule has 124 valence electrons. The van der Waals surface area contributed by atoms with Gasteiger partial charge in [0.15, 0.2) is 0 Å². The van der Waals surface area contributed by atoms with Gasteiger partial charge in [0.2, 0.25) is 0 Å². The van der Waals surface area contributed by atoms with Crippen molar-refractivity contribution < 1.29 is 4.79 Å². The quantitative estimate of drug-likeness (QED) is 0.680. The van der Waals surface area contributed by atoms with Crippen LogP contribution in [0.4, 0.5) is 5.69 Å². The van der Waals surface area contributed by atoms with E-state index in [1.165, 1.54) is 0 Å². The average molecular weight is 329 g/mol. The molecule has 4 nitrogen and oxygen atoms in total. The zero-order valence-electron chi connectivity index (χ0n) is 14.5. The second-order valence-electron chi connectivity index (χ2n) is 6.54. The van der Waals surface area contributed by atoms with E-state index in [1.807, 2.05) is 57.4 Å². The standard InChI is InChI=1S/C21H19N3O/c1-12-7-15(11-22-10-12)16-5-4-6-17-18(21(25)24-20(16)17)9-19-13(2)8-14(3)23-19/h4-11,23H,1-3H3,(H,24,25)/b18-9-. The van der Waals surface area contributed by atoms with Crippen LogP contribution in [0.2, 0.25) is 0 Å². The summed E-state index contributed by atoms with van der Waals surface area (Å²) in [7, 11) is 0. The molecule has 4 heteroatoms. The normalized spacial score (nSPS) is 14.7. The number of fused-ring (bicyclic) bond motifs is 1. The molecule has 0 atom stereocenters. The van der Waals surface area contributed by atoms with Crippen LogP contribution >= 0.6 is 0 Å². The van der Waals surface area contributed by atoms with Gasteiger partial charge in [-0.2, -0.15) is 0 Å². The Morgan fingerprint density at radius 1 is 1.04 bits per heavy atom. The molecule has 1 aliphatic heterocycles. The monoisotopic (exact) mass is 329 g/mol. The SMILES string of the molecule is Cc1cncc(-c2cccc3c2NC(=O)/C3=C\c2[nH]c(C)cc2C)c1. The summed E-state index contributed by atoms with van der Waals surface area (Å²) in [6.07, 6.45) is 5.59. The number of rotatable bonds is 2. The molecule has 1 aromatic carbocycles. The fourth-order valence-corrected chi connectivity index (χ4v) is 3.34. The Morgan fingerprint density at radius 3 is 2.56 bits per heavy atom. The number of hydrogen-bond donors (Lipinski definition) is 2. The summed E-state index contributed by atoms with van der Waals surface area (Å²) in [4.78, 5) is 20.2. The number of para-hydroxylation sites is 1. The van der Waals surface area contributed by atoms with Crippen molar-refractivity contribution in [3.05, 3.63) is 70.8 Å². The molecule has 3 heterocycles. The van der Waals surface area contributed by atoms with Gasteiger partial charge in [0, 0.05) is 40.5 Å². The number of aromatic nitrogens is 2. The molecular weight excluding hydrogens is 310 g/mol.